The lowest BCUT2D eigenvalue weighted by molar-refractivity contribution is 0.0696. The lowest BCUT2D eigenvalue weighted by Gasteiger charge is -2.21. The van der Waals surface area contributed by atoms with Gasteiger partial charge in [-0.05, 0) is 36.2 Å². The van der Waals surface area contributed by atoms with Crippen LogP contribution in [0.25, 0.3) is 0 Å². The minimum atomic E-state index is -0.703. The zero-order valence-corrected chi connectivity index (χ0v) is 10.8. The van der Waals surface area contributed by atoms with E-state index in [0.717, 1.165) is 10.4 Å². The van der Waals surface area contributed by atoms with Crippen LogP contribution in [0.3, 0.4) is 0 Å². The maximum atomic E-state index is 9.81. The van der Waals surface area contributed by atoms with Crippen LogP contribution in [0, 0.1) is 6.92 Å². The van der Waals surface area contributed by atoms with Gasteiger partial charge in [-0.25, -0.2) is 9.97 Å². The Morgan fingerprint density at radius 2 is 2.20 bits per heavy atom. The first-order valence-corrected chi connectivity index (χ1v) is 5.70. The summed E-state index contributed by atoms with van der Waals surface area (Å²) in [4.78, 5) is 8.31. The molecule has 0 aliphatic rings. The van der Waals surface area contributed by atoms with Crippen LogP contribution >= 0.6 is 15.9 Å². The molecule has 1 aromatic heterocycles. The van der Waals surface area contributed by atoms with E-state index in [1.54, 1.807) is 13.0 Å². The first-order valence-electron chi connectivity index (χ1n) is 4.90. The highest BCUT2D eigenvalue weighted by molar-refractivity contribution is 9.10. The molecule has 0 fully saturated rings. The number of aromatic nitrogens is 2. The smallest absolute Gasteiger partial charge is 0.130 e. The fraction of sp³-hybridized carbons (Fsp3) is 0.600. The number of halogens is 1. The summed E-state index contributed by atoms with van der Waals surface area (Å²) in [5, 5.41) is 12.9. The predicted molar refractivity (Wildman–Crippen MR) is 63.9 cm³/mol. The molecule has 0 saturated carbocycles. The number of aryl methyl sites for hydroxylation is 1. The van der Waals surface area contributed by atoms with Crippen LogP contribution in [0.5, 0.6) is 0 Å². The van der Waals surface area contributed by atoms with E-state index in [0.29, 0.717) is 18.8 Å². The van der Waals surface area contributed by atoms with Crippen LogP contribution in [0.4, 0.5) is 5.82 Å². The van der Waals surface area contributed by atoms with Gasteiger partial charge in [0.25, 0.3) is 0 Å². The third-order valence-electron chi connectivity index (χ3n) is 2.22. The average Bonchev–Trinajstić information content (AvgIpc) is 2.14. The molecule has 0 saturated heterocycles. The van der Waals surface area contributed by atoms with E-state index < -0.39 is 5.60 Å². The average molecular weight is 274 g/mol. The van der Waals surface area contributed by atoms with Crippen LogP contribution in [-0.2, 0) is 0 Å². The van der Waals surface area contributed by atoms with Crippen LogP contribution in [0.2, 0.25) is 0 Å². The molecule has 1 atom stereocenters. The lowest BCUT2D eigenvalue weighted by atomic mass is 10.0. The second-order valence-electron chi connectivity index (χ2n) is 3.83. The van der Waals surface area contributed by atoms with E-state index >= 15 is 0 Å². The fourth-order valence-electron chi connectivity index (χ4n) is 1.03. The molecule has 0 bridgehead atoms. The molecule has 5 heteroatoms. The van der Waals surface area contributed by atoms with Gasteiger partial charge in [-0.1, -0.05) is 6.92 Å². The van der Waals surface area contributed by atoms with Crippen molar-refractivity contribution in [2.24, 2.45) is 0 Å². The summed E-state index contributed by atoms with van der Waals surface area (Å²) in [5.74, 6) is 1.42. The topological polar surface area (TPSA) is 58.0 Å². The van der Waals surface area contributed by atoms with Gasteiger partial charge < -0.3 is 10.4 Å². The number of anilines is 1. The highest BCUT2D eigenvalue weighted by Gasteiger charge is 2.17. The highest BCUT2D eigenvalue weighted by atomic mass is 79.9. The van der Waals surface area contributed by atoms with Crippen molar-refractivity contribution in [2.45, 2.75) is 32.8 Å². The molecule has 0 amide bonds. The molecule has 1 aromatic rings. The van der Waals surface area contributed by atoms with E-state index in [1.165, 1.54) is 0 Å². The van der Waals surface area contributed by atoms with E-state index in [9.17, 15) is 5.11 Å². The van der Waals surface area contributed by atoms with Gasteiger partial charge in [0.05, 0.1) is 5.60 Å². The molecule has 1 unspecified atom stereocenters. The summed E-state index contributed by atoms with van der Waals surface area (Å²) < 4.78 is 0.744. The Balaban J connectivity index is 2.65. The minimum absolute atomic E-state index is 0.479. The molecular formula is C10H16BrN3O. The van der Waals surface area contributed by atoms with Crippen LogP contribution < -0.4 is 5.32 Å². The standard InChI is InChI=1S/C10H16BrN3O/c1-4-10(3,15)6-12-9-5-8(11)13-7(2)14-9/h5,15H,4,6H2,1-3H3,(H,12,13,14). The van der Waals surface area contributed by atoms with Crippen molar-refractivity contribution in [3.05, 3.63) is 16.5 Å². The van der Waals surface area contributed by atoms with Crippen molar-refractivity contribution in [1.29, 1.82) is 0 Å². The molecular weight excluding hydrogens is 258 g/mol. The lowest BCUT2D eigenvalue weighted by Crippen LogP contribution is -2.32. The molecule has 0 radical (unpaired) electrons. The fourth-order valence-corrected chi connectivity index (χ4v) is 1.50. The predicted octanol–water partition coefficient (Wildman–Crippen LogP) is 2.12. The third kappa shape index (κ3) is 4.13. The van der Waals surface area contributed by atoms with Crippen molar-refractivity contribution in [3.63, 3.8) is 0 Å². The maximum absolute atomic E-state index is 9.81. The Labute approximate surface area is 98.3 Å². The number of nitrogens with zero attached hydrogens (tertiary/aromatic N) is 2. The Bertz CT molecular complexity index is 321. The third-order valence-corrected chi connectivity index (χ3v) is 2.62. The van der Waals surface area contributed by atoms with Crippen molar-refractivity contribution >= 4 is 21.7 Å². The van der Waals surface area contributed by atoms with Crippen LogP contribution in [0.15, 0.2) is 10.7 Å². The quantitative estimate of drug-likeness (QED) is 0.826. The molecule has 1 heterocycles. The van der Waals surface area contributed by atoms with Gasteiger partial charge in [0.2, 0.25) is 0 Å². The molecule has 0 aromatic carbocycles. The molecule has 1 rings (SSSR count). The maximum Gasteiger partial charge on any atom is 0.130 e. The monoisotopic (exact) mass is 273 g/mol. The second kappa shape index (κ2) is 4.90. The first kappa shape index (κ1) is 12.4. The summed E-state index contributed by atoms with van der Waals surface area (Å²) in [7, 11) is 0. The zero-order valence-electron chi connectivity index (χ0n) is 9.21. The summed E-state index contributed by atoms with van der Waals surface area (Å²) in [6, 6.07) is 1.79. The van der Waals surface area contributed by atoms with Gasteiger partial charge in [-0.2, -0.15) is 0 Å². The number of rotatable bonds is 4. The molecule has 0 spiro atoms. The zero-order chi connectivity index (χ0) is 11.5. The van der Waals surface area contributed by atoms with Gasteiger partial charge >= 0.3 is 0 Å². The normalized spacial score (nSPS) is 14.7. The molecule has 4 nitrogen and oxygen atoms in total. The Morgan fingerprint density at radius 1 is 1.53 bits per heavy atom. The molecule has 0 aliphatic heterocycles. The van der Waals surface area contributed by atoms with Gasteiger partial charge in [0.15, 0.2) is 0 Å². The van der Waals surface area contributed by atoms with E-state index in [4.69, 9.17) is 0 Å². The SMILES string of the molecule is CCC(C)(O)CNc1cc(Br)nc(C)n1. The van der Waals surface area contributed by atoms with E-state index in [2.05, 4.69) is 31.2 Å². The van der Waals surface area contributed by atoms with Crippen molar-refractivity contribution in [2.75, 3.05) is 11.9 Å². The molecule has 84 valence electrons. The molecule has 15 heavy (non-hydrogen) atoms. The summed E-state index contributed by atoms with van der Waals surface area (Å²) >= 11 is 3.30. The highest BCUT2D eigenvalue weighted by Crippen LogP contribution is 2.14. The number of aliphatic hydroxyl groups is 1. The first-order chi connectivity index (χ1) is 6.93. The van der Waals surface area contributed by atoms with Gasteiger partial charge in [-0.15, -0.1) is 0 Å². The Morgan fingerprint density at radius 3 is 2.73 bits per heavy atom. The summed E-state index contributed by atoms with van der Waals surface area (Å²) in [6.45, 7) is 6.05. The molecule has 0 aliphatic carbocycles. The van der Waals surface area contributed by atoms with Crippen molar-refractivity contribution in [3.8, 4) is 0 Å². The van der Waals surface area contributed by atoms with Crippen LogP contribution in [0.1, 0.15) is 26.1 Å². The van der Waals surface area contributed by atoms with E-state index in [1.807, 2.05) is 13.8 Å². The number of nitrogens with one attached hydrogen (secondary N) is 1. The van der Waals surface area contributed by atoms with Crippen molar-refractivity contribution < 1.29 is 5.11 Å². The molecule has 2 N–H and O–H groups in total. The van der Waals surface area contributed by atoms with Gasteiger partial charge in [-0.3, -0.25) is 0 Å². The number of hydrogen-bond donors (Lipinski definition) is 2. The van der Waals surface area contributed by atoms with Crippen molar-refractivity contribution in [1.82, 2.24) is 9.97 Å². The summed E-state index contributed by atoms with van der Waals surface area (Å²) in [5.41, 5.74) is -0.703. The van der Waals surface area contributed by atoms with Gasteiger partial charge in [0.1, 0.15) is 16.2 Å². The summed E-state index contributed by atoms with van der Waals surface area (Å²) in [6.07, 6.45) is 0.700. The largest absolute Gasteiger partial charge is 0.388 e. The Hall–Kier alpha value is -0.680. The Kier molecular flexibility index (Phi) is 4.04. The van der Waals surface area contributed by atoms with Crippen LogP contribution in [-0.4, -0.2) is 27.2 Å². The minimum Gasteiger partial charge on any atom is -0.388 e. The van der Waals surface area contributed by atoms with E-state index in [-0.39, 0.29) is 0 Å². The van der Waals surface area contributed by atoms with Gasteiger partial charge in [0, 0.05) is 12.6 Å². The second-order valence-corrected chi connectivity index (χ2v) is 4.64. The number of hydrogen-bond acceptors (Lipinski definition) is 4.